The van der Waals surface area contributed by atoms with Crippen LogP contribution in [0.4, 0.5) is 0 Å². The van der Waals surface area contributed by atoms with E-state index in [9.17, 15) is 0 Å². The van der Waals surface area contributed by atoms with E-state index >= 15 is 0 Å². The number of aryl methyl sites for hydroxylation is 1. The van der Waals surface area contributed by atoms with Gasteiger partial charge in [0.05, 0.1) is 0 Å². The van der Waals surface area contributed by atoms with Crippen LogP contribution in [0.2, 0.25) is 0 Å². The Balaban J connectivity index is 1.79. The van der Waals surface area contributed by atoms with Crippen molar-refractivity contribution < 1.29 is 4.74 Å². The van der Waals surface area contributed by atoms with Gasteiger partial charge in [-0.25, -0.2) is 0 Å². The molecule has 3 aromatic rings. The summed E-state index contributed by atoms with van der Waals surface area (Å²) in [6, 6.07) is 23.1. The molecule has 0 N–H and O–H groups in total. The number of fused-ring (bicyclic) bond motifs is 1. The van der Waals surface area contributed by atoms with Crippen LogP contribution in [0.3, 0.4) is 0 Å². The lowest BCUT2D eigenvalue weighted by Gasteiger charge is -2.09. The van der Waals surface area contributed by atoms with E-state index in [0.717, 1.165) is 12.2 Å². The van der Waals surface area contributed by atoms with Gasteiger partial charge in [-0.3, -0.25) is 0 Å². The lowest BCUT2D eigenvalue weighted by molar-refractivity contribution is 0.307. The Kier molecular flexibility index (Phi) is 3.69. The summed E-state index contributed by atoms with van der Waals surface area (Å²) >= 11 is 0. The molecule has 0 aromatic heterocycles. The molecule has 1 nitrogen and oxygen atoms in total. The van der Waals surface area contributed by atoms with Crippen molar-refractivity contribution in [1.82, 2.24) is 0 Å². The van der Waals surface area contributed by atoms with Crippen LogP contribution in [0.1, 0.15) is 18.1 Å². The highest BCUT2D eigenvalue weighted by Crippen LogP contribution is 2.21. The van der Waals surface area contributed by atoms with Gasteiger partial charge in [0, 0.05) is 0 Å². The summed E-state index contributed by atoms with van der Waals surface area (Å²) in [7, 11) is 0. The Bertz CT molecular complexity index is 693. The van der Waals surface area contributed by atoms with Crippen molar-refractivity contribution in [3.05, 3.63) is 77.9 Å². The summed E-state index contributed by atoms with van der Waals surface area (Å²) in [5, 5.41) is 2.52. The molecular formula is C19H18O. The maximum Gasteiger partial charge on any atom is 0.119 e. The quantitative estimate of drug-likeness (QED) is 0.644. The zero-order valence-corrected chi connectivity index (χ0v) is 11.7. The van der Waals surface area contributed by atoms with Crippen LogP contribution in [0.15, 0.2) is 66.7 Å². The van der Waals surface area contributed by atoms with E-state index in [2.05, 4.69) is 61.5 Å². The van der Waals surface area contributed by atoms with Crippen LogP contribution in [0.5, 0.6) is 5.75 Å². The molecule has 3 rings (SSSR count). The zero-order valence-electron chi connectivity index (χ0n) is 11.7. The Morgan fingerprint density at radius 3 is 2.35 bits per heavy atom. The highest BCUT2D eigenvalue weighted by molar-refractivity contribution is 5.85. The van der Waals surface area contributed by atoms with Crippen LogP contribution in [-0.2, 0) is 13.0 Å². The number of hydrogen-bond acceptors (Lipinski definition) is 1. The second-order valence-corrected chi connectivity index (χ2v) is 4.92. The maximum absolute atomic E-state index is 5.90. The van der Waals surface area contributed by atoms with E-state index in [0.29, 0.717) is 6.61 Å². The molecule has 0 aliphatic carbocycles. The first kappa shape index (κ1) is 12.7. The number of ether oxygens (including phenoxy) is 1. The molecule has 0 aliphatic rings. The molecule has 0 saturated carbocycles. The fourth-order valence-corrected chi connectivity index (χ4v) is 2.40. The van der Waals surface area contributed by atoms with Gasteiger partial charge in [0.15, 0.2) is 0 Å². The van der Waals surface area contributed by atoms with Crippen molar-refractivity contribution in [3.63, 3.8) is 0 Å². The van der Waals surface area contributed by atoms with E-state index in [1.807, 2.05) is 12.1 Å². The molecule has 3 aromatic carbocycles. The van der Waals surface area contributed by atoms with Gasteiger partial charge in [-0.1, -0.05) is 61.5 Å². The van der Waals surface area contributed by atoms with E-state index < -0.39 is 0 Å². The topological polar surface area (TPSA) is 9.23 Å². The minimum absolute atomic E-state index is 0.604. The molecule has 20 heavy (non-hydrogen) atoms. The second kappa shape index (κ2) is 5.79. The van der Waals surface area contributed by atoms with E-state index in [1.165, 1.54) is 21.9 Å². The largest absolute Gasteiger partial charge is 0.489 e. The number of hydrogen-bond donors (Lipinski definition) is 0. The molecule has 0 radical (unpaired) electrons. The number of rotatable bonds is 4. The molecule has 0 amide bonds. The predicted molar refractivity (Wildman–Crippen MR) is 84.1 cm³/mol. The van der Waals surface area contributed by atoms with Crippen molar-refractivity contribution in [3.8, 4) is 5.75 Å². The molecule has 0 fully saturated rings. The molecule has 1 heteroatoms. The van der Waals surface area contributed by atoms with Gasteiger partial charge in [0.2, 0.25) is 0 Å². The normalized spacial score (nSPS) is 10.7. The van der Waals surface area contributed by atoms with Crippen LogP contribution in [-0.4, -0.2) is 0 Å². The van der Waals surface area contributed by atoms with Crippen molar-refractivity contribution in [1.29, 1.82) is 0 Å². The standard InChI is InChI=1S/C19H18O/c1-2-15-10-12-18(13-11-15)20-14-17-8-5-7-16-6-3-4-9-19(16)17/h3-13H,2,14H2,1H3. The molecule has 0 heterocycles. The van der Waals surface area contributed by atoms with Gasteiger partial charge in [0.1, 0.15) is 12.4 Å². The third-order valence-corrected chi connectivity index (χ3v) is 3.61. The Morgan fingerprint density at radius 2 is 1.55 bits per heavy atom. The highest BCUT2D eigenvalue weighted by atomic mass is 16.5. The summed E-state index contributed by atoms with van der Waals surface area (Å²) < 4.78 is 5.90. The molecule has 0 spiro atoms. The van der Waals surface area contributed by atoms with Gasteiger partial charge >= 0.3 is 0 Å². The molecule has 0 aliphatic heterocycles. The third kappa shape index (κ3) is 2.67. The van der Waals surface area contributed by atoms with E-state index in [1.54, 1.807) is 0 Å². The molecule has 0 saturated heterocycles. The first-order chi connectivity index (χ1) is 9.86. The Labute approximate surface area is 119 Å². The van der Waals surface area contributed by atoms with Crippen LogP contribution < -0.4 is 4.74 Å². The Morgan fingerprint density at radius 1 is 0.800 bits per heavy atom. The van der Waals surface area contributed by atoms with Crippen LogP contribution in [0, 0.1) is 0 Å². The van der Waals surface area contributed by atoms with Gasteiger partial charge < -0.3 is 4.74 Å². The average Bonchev–Trinajstić information content (AvgIpc) is 2.53. The third-order valence-electron chi connectivity index (χ3n) is 3.61. The lowest BCUT2D eigenvalue weighted by Crippen LogP contribution is -1.96. The fraction of sp³-hybridized carbons (Fsp3) is 0.158. The fourth-order valence-electron chi connectivity index (χ4n) is 2.40. The SMILES string of the molecule is CCc1ccc(OCc2cccc3ccccc23)cc1. The highest BCUT2D eigenvalue weighted by Gasteiger charge is 2.01. The van der Waals surface area contributed by atoms with Gasteiger partial charge in [-0.05, 0) is 40.5 Å². The lowest BCUT2D eigenvalue weighted by atomic mass is 10.1. The number of benzene rings is 3. The summed E-state index contributed by atoms with van der Waals surface area (Å²) in [6.07, 6.45) is 1.06. The summed E-state index contributed by atoms with van der Waals surface area (Å²) in [5.74, 6) is 0.926. The first-order valence-corrected chi connectivity index (χ1v) is 7.05. The van der Waals surface area contributed by atoms with Crippen LogP contribution >= 0.6 is 0 Å². The van der Waals surface area contributed by atoms with Crippen molar-refractivity contribution in [2.75, 3.05) is 0 Å². The van der Waals surface area contributed by atoms with Crippen molar-refractivity contribution >= 4 is 10.8 Å². The molecule has 0 bridgehead atoms. The van der Waals surface area contributed by atoms with Crippen molar-refractivity contribution in [2.45, 2.75) is 20.0 Å². The predicted octanol–water partition coefficient (Wildman–Crippen LogP) is 4.98. The molecule has 0 unspecified atom stereocenters. The smallest absolute Gasteiger partial charge is 0.119 e. The first-order valence-electron chi connectivity index (χ1n) is 7.05. The van der Waals surface area contributed by atoms with Gasteiger partial charge in [0.25, 0.3) is 0 Å². The summed E-state index contributed by atoms with van der Waals surface area (Å²) in [6.45, 7) is 2.76. The summed E-state index contributed by atoms with van der Waals surface area (Å²) in [4.78, 5) is 0. The Hall–Kier alpha value is -2.28. The molecular weight excluding hydrogens is 244 g/mol. The van der Waals surface area contributed by atoms with Gasteiger partial charge in [-0.15, -0.1) is 0 Å². The van der Waals surface area contributed by atoms with Crippen LogP contribution in [0.25, 0.3) is 10.8 Å². The van der Waals surface area contributed by atoms with E-state index in [-0.39, 0.29) is 0 Å². The zero-order chi connectivity index (χ0) is 13.8. The molecule has 0 atom stereocenters. The van der Waals surface area contributed by atoms with Gasteiger partial charge in [-0.2, -0.15) is 0 Å². The average molecular weight is 262 g/mol. The minimum atomic E-state index is 0.604. The summed E-state index contributed by atoms with van der Waals surface area (Å²) in [5.41, 5.74) is 2.56. The minimum Gasteiger partial charge on any atom is -0.489 e. The van der Waals surface area contributed by atoms with Crippen molar-refractivity contribution in [2.24, 2.45) is 0 Å². The van der Waals surface area contributed by atoms with E-state index in [4.69, 9.17) is 4.74 Å². The second-order valence-electron chi connectivity index (χ2n) is 4.92. The monoisotopic (exact) mass is 262 g/mol. The maximum atomic E-state index is 5.90. The molecule has 100 valence electrons.